The van der Waals surface area contributed by atoms with Gasteiger partial charge >= 0.3 is 0 Å². The van der Waals surface area contributed by atoms with Crippen LogP contribution < -0.4 is 11.1 Å². The van der Waals surface area contributed by atoms with E-state index in [1.807, 2.05) is 0 Å². The highest BCUT2D eigenvalue weighted by atomic mass is 16.5. The molecular formula is C15H30N2O2. The van der Waals surface area contributed by atoms with Crippen molar-refractivity contribution in [3.63, 3.8) is 0 Å². The average Bonchev–Trinajstić information content (AvgIpc) is 2.29. The number of nitrogens with one attached hydrogen (secondary N) is 1. The zero-order chi connectivity index (χ0) is 14.8. The third-order valence-corrected chi connectivity index (χ3v) is 4.29. The van der Waals surface area contributed by atoms with Crippen LogP contribution in [-0.4, -0.2) is 31.7 Å². The molecule has 1 aliphatic carbocycles. The fourth-order valence-electron chi connectivity index (χ4n) is 2.84. The minimum absolute atomic E-state index is 0.00525. The summed E-state index contributed by atoms with van der Waals surface area (Å²) < 4.78 is 5.40. The molecule has 112 valence electrons. The van der Waals surface area contributed by atoms with Gasteiger partial charge in [0, 0.05) is 25.1 Å². The summed E-state index contributed by atoms with van der Waals surface area (Å²) >= 11 is 0. The lowest BCUT2D eigenvalue weighted by atomic mass is 9.64. The molecule has 1 fully saturated rings. The summed E-state index contributed by atoms with van der Waals surface area (Å²) in [5, 5.41) is 3.15. The van der Waals surface area contributed by atoms with Gasteiger partial charge in [-0.05, 0) is 18.3 Å². The first-order valence-corrected chi connectivity index (χ1v) is 7.15. The number of amides is 1. The highest BCUT2D eigenvalue weighted by molar-refractivity contribution is 5.79. The van der Waals surface area contributed by atoms with E-state index in [-0.39, 0.29) is 34.8 Å². The quantitative estimate of drug-likeness (QED) is 0.802. The number of ether oxygens (including phenoxy) is 1. The molecule has 0 spiro atoms. The van der Waals surface area contributed by atoms with Crippen LogP contribution in [0.5, 0.6) is 0 Å². The topological polar surface area (TPSA) is 64.3 Å². The zero-order valence-corrected chi connectivity index (χ0v) is 13.2. The molecule has 0 saturated heterocycles. The van der Waals surface area contributed by atoms with Crippen molar-refractivity contribution < 1.29 is 9.53 Å². The molecule has 3 unspecified atom stereocenters. The minimum Gasteiger partial charge on any atom is -0.381 e. The van der Waals surface area contributed by atoms with Crippen LogP contribution in [0.15, 0.2) is 0 Å². The fourth-order valence-corrected chi connectivity index (χ4v) is 2.84. The Labute approximate surface area is 117 Å². The lowest BCUT2D eigenvalue weighted by Crippen LogP contribution is -2.62. The van der Waals surface area contributed by atoms with Crippen molar-refractivity contribution in [1.82, 2.24) is 5.32 Å². The summed E-state index contributed by atoms with van der Waals surface area (Å²) in [7, 11) is 1.73. The average molecular weight is 270 g/mol. The van der Waals surface area contributed by atoms with Gasteiger partial charge in [0.25, 0.3) is 0 Å². The highest BCUT2D eigenvalue weighted by Crippen LogP contribution is 2.42. The molecule has 19 heavy (non-hydrogen) atoms. The van der Waals surface area contributed by atoms with E-state index in [9.17, 15) is 4.79 Å². The molecule has 0 radical (unpaired) electrons. The zero-order valence-electron chi connectivity index (χ0n) is 13.2. The van der Waals surface area contributed by atoms with Gasteiger partial charge in [0.1, 0.15) is 0 Å². The van der Waals surface area contributed by atoms with Gasteiger partial charge in [-0.3, -0.25) is 4.79 Å². The Balaban J connectivity index is 2.55. The van der Waals surface area contributed by atoms with Gasteiger partial charge < -0.3 is 15.8 Å². The Hall–Kier alpha value is -0.610. The van der Waals surface area contributed by atoms with E-state index in [1.54, 1.807) is 7.11 Å². The maximum absolute atomic E-state index is 12.3. The van der Waals surface area contributed by atoms with Gasteiger partial charge in [-0.1, -0.05) is 34.6 Å². The molecule has 3 N–H and O–H groups in total. The molecule has 4 nitrogen and oxygen atoms in total. The summed E-state index contributed by atoms with van der Waals surface area (Å²) in [5.41, 5.74) is 5.87. The van der Waals surface area contributed by atoms with Crippen LogP contribution in [0.4, 0.5) is 0 Å². The summed E-state index contributed by atoms with van der Waals surface area (Å²) in [4.78, 5) is 12.3. The molecule has 0 aliphatic heterocycles. The second kappa shape index (κ2) is 5.80. The Morgan fingerprint density at radius 3 is 2.42 bits per heavy atom. The molecular weight excluding hydrogens is 240 g/mol. The second-order valence-electron chi connectivity index (χ2n) is 7.54. The largest absolute Gasteiger partial charge is 0.381 e. The van der Waals surface area contributed by atoms with Crippen molar-refractivity contribution in [2.24, 2.45) is 22.5 Å². The third-order valence-electron chi connectivity index (χ3n) is 4.29. The molecule has 4 heteroatoms. The van der Waals surface area contributed by atoms with Crippen LogP contribution in [0.3, 0.4) is 0 Å². The van der Waals surface area contributed by atoms with Gasteiger partial charge in [0.15, 0.2) is 0 Å². The monoisotopic (exact) mass is 270 g/mol. The van der Waals surface area contributed by atoms with Crippen LogP contribution in [-0.2, 0) is 9.53 Å². The number of methoxy groups -OCH3 is 1. The van der Waals surface area contributed by atoms with Crippen molar-refractivity contribution in [1.29, 1.82) is 0 Å². The number of hydrogen-bond donors (Lipinski definition) is 2. The smallest absolute Gasteiger partial charge is 0.224 e. The van der Waals surface area contributed by atoms with Crippen molar-refractivity contribution in [3.8, 4) is 0 Å². The van der Waals surface area contributed by atoms with Gasteiger partial charge in [0.05, 0.1) is 12.0 Å². The number of nitrogens with two attached hydrogens (primary N) is 1. The van der Waals surface area contributed by atoms with Crippen molar-refractivity contribution >= 4 is 5.91 Å². The first kappa shape index (κ1) is 16.4. The van der Waals surface area contributed by atoms with Gasteiger partial charge in [-0.25, -0.2) is 0 Å². The third kappa shape index (κ3) is 3.93. The van der Waals surface area contributed by atoms with E-state index in [0.29, 0.717) is 6.54 Å². The van der Waals surface area contributed by atoms with E-state index < -0.39 is 0 Å². The van der Waals surface area contributed by atoms with Crippen LogP contribution in [0, 0.1) is 16.7 Å². The van der Waals surface area contributed by atoms with E-state index in [2.05, 4.69) is 39.9 Å². The maximum Gasteiger partial charge on any atom is 0.224 e. The van der Waals surface area contributed by atoms with Crippen LogP contribution >= 0.6 is 0 Å². The molecule has 1 aliphatic rings. The maximum atomic E-state index is 12.3. The summed E-state index contributed by atoms with van der Waals surface area (Å²) in [5.74, 6) is -0.0116. The molecule has 1 amide bonds. The Morgan fingerprint density at radius 1 is 1.47 bits per heavy atom. The number of hydrogen-bond acceptors (Lipinski definition) is 3. The predicted octanol–water partition coefficient (Wildman–Crippen LogP) is 1.93. The summed E-state index contributed by atoms with van der Waals surface area (Å²) in [6, 6.07) is 0.193. The van der Waals surface area contributed by atoms with E-state index in [4.69, 9.17) is 10.5 Å². The molecule has 0 aromatic rings. The SMILES string of the molecule is COC1CC(NC(=O)C(CN)CC(C)(C)C)C1(C)C. The Morgan fingerprint density at radius 2 is 2.05 bits per heavy atom. The van der Waals surface area contributed by atoms with Gasteiger partial charge in [0.2, 0.25) is 5.91 Å². The molecule has 0 aromatic heterocycles. The molecule has 0 heterocycles. The molecule has 0 aromatic carbocycles. The number of carbonyl (C=O) groups excluding carboxylic acids is 1. The van der Waals surface area contributed by atoms with E-state index in [0.717, 1.165) is 12.8 Å². The molecule has 0 bridgehead atoms. The highest BCUT2D eigenvalue weighted by Gasteiger charge is 2.49. The number of rotatable bonds is 5. The normalized spacial score (nSPS) is 27.5. The standard InChI is InChI=1S/C15H30N2O2/c1-14(2,3)8-10(9-16)13(18)17-11-7-12(19-6)15(11,4)5/h10-12H,7-9,16H2,1-6H3,(H,17,18). The number of carbonyl (C=O) groups is 1. The van der Waals surface area contributed by atoms with Crippen molar-refractivity contribution in [3.05, 3.63) is 0 Å². The summed E-state index contributed by atoms with van der Waals surface area (Å²) in [6.45, 7) is 11.1. The first-order valence-electron chi connectivity index (χ1n) is 7.15. The molecule has 3 atom stereocenters. The van der Waals surface area contributed by atoms with E-state index in [1.165, 1.54) is 0 Å². The minimum atomic E-state index is -0.0996. The molecule has 1 saturated carbocycles. The second-order valence-corrected chi connectivity index (χ2v) is 7.54. The van der Waals surface area contributed by atoms with Crippen molar-refractivity contribution in [2.45, 2.75) is 59.6 Å². The summed E-state index contributed by atoms with van der Waals surface area (Å²) in [6.07, 6.45) is 1.94. The Bertz CT molecular complexity index is 321. The Kier molecular flexibility index (Phi) is 5.02. The lowest BCUT2D eigenvalue weighted by molar-refractivity contribution is -0.136. The van der Waals surface area contributed by atoms with Crippen LogP contribution in [0.2, 0.25) is 0 Å². The first-order chi connectivity index (χ1) is 8.61. The van der Waals surface area contributed by atoms with Gasteiger partial charge in [-0.15, -0.1) is 0 Å². The predicted molar refractivity (Wildman–Crippen MR) is 77.7 cm³/mol. The molecule has 1 rings (SSSR count). The van der Waals surface area contributed by atoms with Crippen molar-refractivity contribution in [2.75, 3.05) is 13.7 Å². The fraction of sp³-hybridized carbons (Fsp3) is 0.933. The van der Waals surface area contributed by atoms with Gasteiger partial charge in [-0.2, -0.15) is 0 Å². The van der Waals surface area contributed by atoms with Crippen LogP contribution in [0.1, 0.15) is 47.5 Å². The lowest BCUT2D eigenvalue weighted by Gasteiger charge is -2.51. The van der Waals surface area contributed by atoms with E-state index >= 15 is 0 Å². The van der Waals surface area contributed by atoms with Crippen LogP contribution in [0.25, 0.3) is 0 Å².